The van der Waals surface area contributed by atoms with Crippen molar-refractivity contribution in [3.8, 4) is 33.9 Å². The van der Waals surface area contributed by atoms with E-state index in [4.69, 9.17) is 4.98 Å². The number of nitrogens with zero attached hydrogens (tertiary/aromatic N) is 5. The van der Waals surface area contributed by atoms with Crippen LogP contribution in [0.5, 0.6) is 0 Å². The summed E-state index contributed by atoms with van der Waals surface area (Å²) in [5.41, 5.74) is 5.38. The van der Waals surface area contributed by atoms with E-state index in [0.29, 0.717) is 44.8 Å². The Morgan fingerprint density at radius 3 is 2.63 bits per heavy atom. The zero-order chi connectivity index (χ0) is 25.6. The number of hydrogen-bond acceptors (Lipinski definition) is 5. The van der Waals surface area contributed by atoms with Crippen LogP contribution in [-0.2, 0) is 6.54 Å². The molecule has 0 bridgehead atoms. The van der Waals surface area contributed by atoms with Crippen LogP contribution in [0.2, 0.25) is 0 Å². The zero-order valence-electron chi connectivity index (χ0n) is 20.4. The first-order chi connectivity index (χ1) is 18.6. The molecule has 0 amide bonds. The Morgan fingerprint density at radius 1 is 0.895 bits per heavy atom. The van der Waals surface area contributed by atoms with Crippen molar-refractivity contribution in [2.75, 3.05) is 13.1 Å². The first-order valence-corrected chi connectivity index (χ1v) is 12.6. The third kappa shape index (κ3) is 3.92. The van der Waals surface area contributed by atoms with E-state index in [9.17, 15) is 4.39 Å². The number of fused-ring (bicyclic) bond motifs is 2. The second kappa shape index (κ2) is 9.11. The molecular weight excluding hydrogens is 484 g/mol. The average molecular weight is 508 g/mol. The molecule has 5 heterocycles. The van der Waals surface area contributed by atoms with Gasteiger partial charge < -0.3 is 4.98 Å². The maximum Gasteiger partial charge on any atom is 0.159 e. The minimum atomic E-state index is -0.411. The third-order valence-electron chi connectivity index (χ3n) is 7.11. The number of aromatic amines is 2. The van der Waals surface area contributed by atoms with Gasteiger partial charge in [0.25, 0.3) is 0 Å². The molecule has 0 radical (unpaired) electrons. The summed E-state index contributed by atoms with van der Waals surface area (Å²) in [7, 11) is 0. The van der Waals surface area contributed by atoms with E-state index in [0.717, 1.165) is 30.8 Å². The van der Waals surface area contributed by atoms with E-state index < -0.39 is 5.82 Å². The SMILES string of the molecule is Fc1ccccc1-c1nccc2[nH]c(-c3n[nH]c4c(F)cc(-c5cncc(CN6CCCC6)c5)cc34)nc12. The number of imidazole rings is 1. The van der Waals surface area contributed by atoms with Crippen molar-refractivity contribution < 1.29 is 8.78 Å². The van der Waals surface area contributed by atoms with E-state index in [1.807, 2.05) is 12.3 Å². The van der Waals surface area contributed by atoms with Crippen molar-refractivity contribution in [3.63, 3.8) is 0 Å². The predicted octanol–water partition coefficient (Wildman–Crippen LogP) is 6.10. The Balaban J connectivity index is 1.31. The van der Waals surface area contributed by atoms with Crippen LogP contribution in [0.1, 0.15) is 18.4 Å². The molecule has 9 heteroatoms. The lowest BCUT2D eigenvalue weighted by atomic mass is 10.0. The molecule has 6 aromatic rings. The molecule has 7 nitrogen and oxygen atoms in total. The lowest BCUT2D eigenvalue weighted by Gasteiger charge is -2.14. The van der Waals surface area contributed by atoms with E-state index in [1.54, 1.807) is 36.7 Å². The molecule has 0 spiro atoms. The quantitative estimate of drug-likeness (QED) is 0.294. The number of nitrogens with one attached hydrogen (secondary N) is 2. The van der Waals surface area contributed by atoms with Crippen molar-refractivity contribution in [1.82, 2.24) is 35.0 Å². The smallest absolute Gasteiger partial charge is 0.159 e. The fourth-order valence-corrected chi connectivity index (χ4v) is 5.25. The predicted molar refractivity (Wildman–Crippen MR) is 142 cm³/mol. The topological polar surface area (TPSA) is 86.4 Å². The highest BCUT2D eigenvalue weighted by Gasteiger charge is 2.20. The lowest BCUT2D eigenvalue weighted by molar-refractivity contribution is 0.331. The van der Waals surface area contributed by atoms with Gasteiger partial charge in [0.15, 0.2) is 5.82 Å². The molecule has 2 N–H and O–H groups in total. The molecule has 0 aliphatic carbocycles. The lowest BCUT2D eigenvalue weighted by Crippen LogP contribution is -2.18. The van der Waals surface area contributed by atoms with Gasteiger partial charge in [-0.25, -0.2) is 13.8 Å². The number of halogens is 2. The summed E-state index contributed by atoms with van der Waals surface area (Å²) in [6.07, 6.45) is 7.67. The molecule has 38 heavy (non-hydrogen) atoms. The van der Waals surface area contributed by atoms with Crippen molar-refractivity contribution in [3.05, 3.63) is 84.3 Å². The van der Waals surface area contributed by atoms with Gasteiger partial charge in [-0.15, -0.1) is 0 Å². The molecule has 1 saturated heterocycles. The van der Waals surface area contributed by atoms with Gasteiger partial charge in [-0.05, 0) is 73.5 Å². The number of rotatable bonds is 5. The summed E-state index contributed by atoms with van der Waals surface area (Å²) in [6, 6.07) is 13.7. The largest absolute Gasteiger partial charge is 0.336 e. The van der Waals surface area contributed by atoms with E-state index in [-0.39, 0.29) is 11.3 Å². The minimum Gasteiger partial charge on any atom is -0.336 e. The van der Waals surface area contributed by atoms with Crippen LogP contribution < -0.4 is 0 Å². The van der Waals surface area contributed by atoms with Crippen LogP contribution >= 0.6 is 0 Å². The number of hydrogen-bond donors (Lipinski definition) is 2. The van der Waals surface area contributed by atoms with Crippen LogP contribution in [0, 0.1) is 11.6 Å². The molecular formula is C29H23F2N7. The monoisotopic (exact) mass is 507 g/mol. The first kappa shape index (κ1) is 22.7. The minimum absolute atomic E-state index is 0.290. The van der Waals surface area contributed by atoms with Gasteiger partial charge in [-0.2, -0.15) is 5.10 Å². The molecule has 2 aromatic carbocycles. The highest BCUT2D eigenvalue weighted by atomic mass is 19.1. The van der Waals surface area contributed by atoms with Gasteiger partial charge in [-0.1, -0.05) is 12.1 Å². The molecule has 7 rings (SSSR count). The molecule has 1 aliphatic heterocycles. The number of likely N-dealkylation sites (tertiary alicyclic amines) is 1. The van der Waals surface area contributed by atoms with Crippen LogP contribution in [0.3, 0.4) is 0 Å². The van der Waals surface area contributed by atoms with Crippen LogP contribution in [0.4, 0.5) is 8.78 Å². The summed E-state index contributed by atoms with van der Waals surface area (Å²) >= 11 is 0. The van der Waals surface area contributed by atoms with Gasteiger partial charge in [0.2, 0.25) is 0 Å². The summed E-state index contributed by atoms with van der Waals surface area (Å²) in [5.74, 6) is -0.352. The normalized spacial score (nSPS) is 14.2. The van der Waals surface area contributed by atoms with Gasteiger partial charge >= 0.3 is 0 Å². The number of H-pyrrole nitrogens is 2. The van der Waals surface area contributed by atoms with Gasteiger partial charge in [0, 0.05) is 41.6 Å². The standard InChI is InChI=1S/C29H23F2N7/c30-22-6-2-1-5-20(22)26-28-24(7-8-33-26)34-29(35-28)27-21-12-18(13-23(31)25(21)36-37-27)19-11-17(14-32-15-19)16-38-9-3-4-10-38/h1-2,5-8,11-15H,3-4,9-10,16H2,(H,34,35)(H,36,37). The Bertz CT molecular complexity index is 1800. The second-order valence-electron chi connectivity index (χ2n) is 9.64. The number of aromatic nitrogens is 6. The Morgan fingerprint density at radius 2 is 1.76 bits per heavy atom. The fourth-order valence-electron chi connectivity index (χ4n) is 5.25. The van der Waals surface area contributed by atoms with E-state index in [2.05, 4.69) is 36.1 Å². The van der Waals surface area contributed by atoms with Gasteiger partial charge in [0.05, 0.1) is 5.52 Å². The third-order valence-corrected chi connectivity index (χ3v) is 7.11. The van der Waals surface area contributed by atoms with E-state index in [1.165, 1.54) is 25.0 Å². The molecule has 4 aromatic heterocycles. The molecule has 1 aliphatic rings. The van der Waals surface area contributed by atoms with Crippen LogP contribution in [-0.4, -0.2) is 48.1 Å². The summed E-state index contributed by atoms with van der Waals surface area (Å²) in [4.78, 5) is 19.2. The van der Waals surface area contributed by atoms with Gasteiger partial charge in [-0.3, -0.25) is 20.0 Å². The molecule has 0 unspecified atom stereocenters. The molecule has 188 valence electrons. The Hall–Kier alpha value is -4.50. The highest BCUT2D eigenvalue weighted by molar-refractivity contribution is 5.97. The maximum absolute atomic E-state index is 15.2. The molecule has 0 saturated carbocycles. The van der Waals surface area contributed by atoms with Gasteiger partial charge in [0.1, 0.15) is 34.1 Å². The zero-order valence-corrected chi connectivity index (χ0v) is 20.4. The Kier molecular flexibility index (Phi) is 5.44. The fraction of sp³-hybridized carbons (Fsp3) is 0.172. The molecule has 0 atom stereocenters. The van der Waals surface area contributed by atoms with Crippen molar-refractivity contribution >= 4 is 21.9 Å². The number of pyridine rings is 2. The van der Waals surface area contributed by atoms with Crippen molar-refractivity contribution in [1.29, 1.82) is 0 Å². The van der Waals surface area contributed by atoms with Crippen LogP contribution in [0.15, 0.2) is 67.1 Å². The number of benzene rings is 2. The highest BCUT2D eigenvalue weighted by Crippen LogP contribution is 2.34. The summed E-state index contributed by atoms with van der Waals surface area (Å²) in [6.45, 7) is 3.02. The van der Waals surface area contributed by atoms with Crippen LogP contribution in [0.25, 0.3) is 55.8 Å². The van der Waals surface area contributed by atoms with Crippen molar-refractivity contribution in [2.45, 2.75) is 19.4 Å². The first-order valence-electron chi connectivity index (χ1n) is 12.6. The summed E-state index contributed by atoms with van der Waals surface area (Å²) in [5, 5.41) is 7.78. The Labute approximate surface area is 216 Å². The molecule has 1 fully saturated rings. The maximum atomic E-state index is 15.2. The van der Waals surface area contributed by atoms with E-state index >= 15 is 4.39 Å². The second-order valence-corrected chi connectivity index (χ2v) is 9.64. The van der Waals surface area contributed by atoms with Crippen molar-refractivity contribution in [2.24, 2.45) is 0 Å². The average Bonchev–Trinajstić information content (AvgIpc) is 3.69. The summed E-state index contributed by atoms with van der Waals surface area (Å²) < 4.78 is 29.8.